The first-order valence-corrected chi connectivity index (χ1v) is 12.0. The molecule has 8 nitrogen and oxygen atoms in total. The molecule has 1 aromatic heterocycles. The number of hydrogen-bond acceptors (Lipinski definition) is 7. The van der Waals surface area contributed by atoms with E-state index in [0.29, 0.717) is 22.5 Å². The average molecular weight is 487 g/mol. The van der Waals surface area contributed by atoms with Crippen LogP contribution in [0.3, 0.4) is 0 Å². The molecule has 1 aliphatic carbocycles. The lowest BCUT2D eigenvalue weighted by atomic mass is 9.80. The number of aliphatic hydroxyl groups is 1. The van der Waals surface area contributed by atoms with Crippen LogP contribution in [0, 0.1) is 5.92 Å². The number of ketones is 1. The van der Waals surface area contributed by atoms with Crippen molar-refractivity contribution < 1.29 is 28.8 Å². The first-order valence-electron chi connectivity index (χ1n) is 12.0. The van der Waals surface area contributed by atoms with Crippen molar-refractivity contribution >= 4 is 29.1 Å². The molecule has 8 heteroatoms. The summed E-state index contributed by atoms with van der Waals surface area (Å²) in [5, 5.41) is 15.2. The van der Waals surface area contributed by atoms with Gasteiger partial charge in [0.05, 0.1) is 24.3 Å². The second kappa shape index (κ2) is 9.81. The van der Waals surface area contributed by atoms with Gasteiger partial charge in [-0.25, -0.2) is 4.79 Å². The SMILES string of the molecule is COC(=O)c1ccc(C(O)=C2C(=O)C(=O)N(c3ccc(-c4ccon4)cc3)C2C2CCCCC2)cc1. The van der Waals surface area contributed by atoms with Gasteiger partial charge in [-0.1, -0.05) is 48.7 Å². The van der Waals surface area contributed by atoms with Crippen LogP contribution >= 0.6 is 0 Å². The van der Waals surface area contributed by atoms with Crippen molar-refractivity contribution in [3.8, 4) is 11.3 Å². The molecule has 0 spiro atoms. The average Bonchev–Trinajstić information content (AvgIpc) is 3.56. The lowest BCUT2D eigenvalue weighted by Gasteiger charge is -2.34. The molecule has 2 aliphatic rings. The molecule has 2 fully saturated rings. The number of esters is 1. The normalized spacial score (nSPS) is 20.0. The number of aromatic nitrogens is 1. The number of aliphatic hydroxyl groups excluding tert-OH is 1. The number of amides is 1. The lowest BCUT2D eigenvalue weighted by molar-refractivity contribution is -0.132. The first-order chi connectivity index (χ1) is 17.5. The minimum Gasteiger partial charge on any atom is -0.507 e. The summed E-state index contributed by atoms with van der Waals surface area (Å²) < 4.78 is 9.65. The number of carbonyl (C=O) groups is 3. The summed E-state index contributed by atoms with van der Waals surface area (Å²) >= 11 is 0. The van der Waals surface area contributed by atoms with Gasteiger partial charge in [-0.2, -0.15) is 0 Å². The Balaban J connectivity index is 1.56. The number of nitrogens with zero attached hydrogens (tertiary/aromatic N) is 2. The molecule has 5 rings (SSSR count). The van der Waals surface area contributed by atoms with Gasteiger partial charge in [-0.3, -0.25) is 14.5 Å². The fourth-order valence-corrected chi connectivity index (χ4v) is 5.23. The zero-order valence-electron chi connectivity index (χ0n) is 19.8. The first kappa shape index (κ1) is 23.5. The van der Waals surface area contributed by atoms with Crippen LogP contribution in [0.15, 0.2) is 71.0 Å². The number of rotatable bonds is 5. The van der Waals surface area contributed by atoms with Crippen LogP contribution in [0.2, 0.25) is 0 Å². The van der Waals surface area contributed by atoms with Crippen molar-refractivity contribution in [2.24, 2.45) is 5.92 Å². The molecular weight excluding hydrogens is 460 g/mol. The van der Waals surface area contributed by atoms with Gasteiger partial charge in [-0.15, -0.1) is 0 Å². The highest BCUT2D eigenvalue weighted by Gasteiger charge is 2.49. The molecule has 1 unspecified atom stereocenters. The summed E-state index contributed by atoms with van der Waals surface area (Å²) in [7, 11) is 1.29. The van der Waals surface area contributed by atoms with Crippen molar-refractivity contribution in [1.82, 2.24) is 5.16 Å². The van der Waals surface area contributed by atoms with Crippen molar-refractivity contribution in [1.29, 1.82) is 0 Å². The Bertz CT molecular complexity index is 1300. The Morgan fingerprint density at radius 3 is 2.25 bits per heavy atom. The topological polar surface area (TPSA) is 110 Å². The summed E-state index contributed by atoms with van der Waals surface area (Å²) in [5.41, 5.74) is 2.87. The van der Waals surface area contributed by atoms with E-state index < -0.39 is 23.7 Å². The fraction of sp³-hybridized carbons (Fsp3) is 0.286. The van der Waals surface area contributed by atoms with Gasteiger partial charge in [-0.05, 0) is 43.0 Å². The number of hydrogen-bond donors (Lipinski definition) is 1. The molecule has 2 aromatic carbocycles. The smallest absolute Gasteiger partial charge is 0.337 e. The predicted molar refractivity (Wildman–Crippen MR) is 132 cm³/mol. The Morgan fingerprint density at radius 1 is 0.972 bits per heavy atom. The van der Waals surface area contributed by atoms with Crippen LogP contribution < -0.4 is 4.90 Å². The molecule has 1 atom stereocenters. The maximum atomic E-state index is 13.3. The van der Waals surface area contributed by atoms with Crippen LogP contribution in [-0.2, 0) is 14.3 Å². The number of carbonyl (C=O) groups excluding carboxylic acids is 3. The highest BCUT2D eigenvalue weighted by Crippen LogP contribution is 2.41. The monoisotopic (exact) mass is 486 g/mol. The molecule has 184 valence electrons. The van der Waals surface area contributed by atoms with Crippen molar-refractivity contribution in [2.75, 3.05) is 12.0 Å². The van der Waals surface area contributed by atoms with E-state index in [9.17, 15) is 19.5 Å². The van der Waals surface area contributed by atoms with E-state index in [-0.39, 0.29) is 17.3 Å². The number of anilines is 1. The Hall–Kier alpha value is -4.20. The second-order valence-electron chi connectivity index (χ2n) is 9.11. The van der Waals surface area contributed by atoms with Crippen LogP contribution in [0.5, 0.6) is 0 Å². The van der Waals surface area contributed by atoms with E-state index in [1.54, 1.807) is 30.3 Å². The van der Waals surface area contributed by atoms with Gasteiger partial charge >= 0.3 is 5.97 Å². The van der Waals surface area contributed by atoms with E-state index in [0.717, 1.165) is 37.7 Å². The Labute approximate surface area is 208 Å². The molecule has 0 bridgehead atoms. The van der Waals surface area contributed by atoms with Crippen molar-refractivity contribution in [3.63, 3.8) is 0 Å². The van der Waals surface area contributed by atoms with Crippen LogP contribution in [0.1, 0.15) is 48.0 Å². The molecular formula is C28H26N2O6. The number of Topliss-reactive ketones (excluding diaryl/α,β-unsaturated/α-hetero) is 1. The number of benzene rings is 2. The molecule has 1 saturated heterocycles. The maximum absolute atomic E-state index is 13.3. The van der Waals surface area contributed by atoms with E-state index in [1.807, 2.05) is 12.1 Å². The van der Waals surface area contributed by atoms with E-state index in [1.165, 1.54) is 30.4 Å². The molecule has 1 amide bonds. The van der Waals surface area contributed by atoms with Gasteiger partial charge < -0.3 is 14.4 Å². The fourth-order valence-electron chi connectivity index (χ4n) is 5.23. The van der Waals surface area contributed by atoms with E-state index in [4.69, 9.17) is 9.26 Å². The van der Waals surface area contributed by atoms with Crippen molar-refractivity contribution in [2.45, 2.75) is 38.1 Å². The second-order valence-corrected chi connectivity index (χ2v) is 9.11. The molecule has 0 radical (unpaired) electrons. The summed E-state index contributed by atoms with van der Waals surface area (Å²) in [4.78, 5) is 40.0. The Kier molecular flexibility index (Phi) is 6.41. The predicted octanol–water partition coefficient (Wildman–Crippen LogP) is 4.96. The molecule has 1 N–H and O–H groups in total. The third-order valence-corrected chi connectivity index (χ3v) is 7.04. The Morgan fingerprint density at radius 2 is 1.64 bits per heavy atom. The lowest BCUT2D eigenvalue weighted by Crippen LogP contribution is -2.40. The van der Waals surface area contributed by atoms with Gasteiger partial charge in [0.1, 0.15) is 17.7 Å². The summed E-state index contributed by atoms with van der Waals surface area (Å²) in [5.74, 6) is -2.06. The molecule has 2 heterocycles. The largest absolute Gasteiger partial charge is 0.507 e. The van der Waals surface area contributed by atoms with Gasteiger partial charge in [0.25, 0.3) is 11.7 Å². The minimum atomic E-state index is -0.708. The number of ether oxygens (including phenoxy) is 1. The van der Waals surface area contributed by atoms with E-state index >= 15 is 0 Å². The van der Waals surface area contributed by atoms with Crippen LogP contribution in [-0.4, -0.2) is 41.1 Å². The third kappa shape index (κ3) is 4.19. The summed E-state index contributed by atoms with van der Waals surface area (Å²) in [6.07, 6.45) is 6.32. The van der Waals surface area contributed by atoms with Crippen LogP contribution in [0.4, 0.5) is 5.69 Å². The minimum absolute atomic E-state index is 0.0378. The van der Waals surface area contributed by atoms with Gasteiger partial charge in [0.15, 0.2) is 0 Å². The summed E-state index contributed by atoms with van der Waals surface area (Å²) in [6, 6.07) is 14.6. The van der Waals surface area contributed by atoms with Gasteiger partial charge in [0, 0.05) is 22.9 Å². The van der Waals surface area contributed by atoms with Gasteiger partial charge in [0.2, 0.25) is 0 Å². The highest BCUT2D eigenvalue weighted by atomic mass is 16.5. The maximum Gasteiger partial charge on any atom is 0.337 e. The molecule has 36 heavy (non-hydrogen) atoms. The van der Waals surface area contributed by atoms with E-state index in [2.05, 4.69) is 5.16 Å². The number of methoxy groups -OCH3 is 1. The molecule has 3 aromatic rings. The highest BCUT2D eigenvalue weighted by molar-refractivity contribution is 6.51. The molecule has 1 saturated carbocycles. The quantitative estimate of drug-likeness (QED) is 0.235. The molecule has 1 aliphatic heterocycles. The van der Waals surface area contributed by atoms with Crippen LogP contribution in [0.25, 0.3) is 17.0 Å². The zero-order valence-corrected chi connectivity index (χ0v) is 19.8. The summed E-state index contributed by atoms with van der Waals surface area (Å²) in [6.45, 7) is 0. The van der Waals surface area contributed by atoms with Crippen molar-refractivity contribution in [3.05, 3.63) is 77.6 Å². The standard InChI is InChI=1S/C28H26N2O6/c1-35-28(34)20-9-7-19(8-10-20)25(31)23-24(18-5-3-2-4-6-18)30(27(33)26(23)32)21-13-11-17(12-14-21)22-15-16-36-29-22/h7-16,18,24,31H,2-6H2,1H3. The third-order valence-electron chi connectivity index (χ3n) is 7.04. The zero-order chi connectivity index (χ0) is 25.2.